The van der Waals surface area contributed by atoms with E-state index >= 15 is 0 Å². The van der Waals surface area contributed by atoms with Crippen LogP contribution in [0.25, 0.3) is 0 Å². The number of rotatable bonds is 5. The fraction of sp³-hybridized carbons (Fsp3) is 0.333. The first kappa shape index (κ1) is 16.1. The molecule has 0 spiro atoms. The lowest BCUT2D eigenvalue weighted by Crippen LogP contribution is -2.31. The second-order valence-corrected chi connectivity index (χ2v) is 5.89. The number of benzene rings is 1. The third-order valence-electron chi connectivity index (χ3n) is 3.91. The highest BCUT2D eigenvalue weighted by Crippen LogP contribution is 2.26. The summed E-state index contributed by atoms with van der Waals surface area (Å²) in [6.07, 6.45) is 1.15. The smallest absolute Gasteiger partial charge is 0.258 e. The van der Waals surface area contributed by atoms with Crippen LogP contribution in [0.4, 0.5) is 5.69 Å². The zero-order valence-electron chi connectivity index (χ0n) is 13.7. The summed E-state index contributed by atoms with van der Waals surface area (Å²) in [5.74, 6) is 1.94. The van der Waals surface area contributed by atoms with E-state index in [1.165, 1.54) is 0 Å². The van der Waals surface area contributed by atoms with Gasteiger partial charge >= 0.3 is 0 Å². The molecule has 0 saturated heterocycles. The molecule has 0 aliphatic carbocycles. The standard InChI is InChI=1S/C18H20N2O4/c1-11-3-7-16(24-11)12(2)19-18(22)10-23-14-5-6-15-13(9-14)4-8-17(21)20-15/h3,5-7,9,12H,4,8,10H2,1-2H3,(H,19,22)(H,20,21)/t12-/m1/s1. The van der Waals surface area contributed by atoms with Gasteiger partial charge in [-0.05, 0) is 56.2 Å². The first-order valence-corrected chi connectivity index (χ1v) is 7.92. The first-order valence-electron chi connectivity index (χ1n) is 7.92. The quantitative estimate of drug-likeness (QED) is 0.884. The number of furan rings is 1. The highest BCUT2D eigenvalue weighted by Gasteiger charge is 2.16. The van der Waals surface area contributed by atoms with Crippen molar-refractivity contribution >= 4 is 17.5 Å². The van der Waals surface area contributed by atoms with Crippen molar-refractivity contribution in [2.75, 3.05) is 11.9 Å². The van der Waals surface area contributed by atoms with Crippen molar-refractivity contribution in [2.45, 2.75) is 32.7 Å². The van der Waals surface area contributed by atoms with Crippen molar-refractivity contribution in [3.05, 3.63) is 47.4 Å². The van der Waals surface area contributed by atoms with Crippen molar-refractivity contribution in [1.29, 1.82) is 0 Å². The van der Waals surface area contributed by atoms with E-state index in [-0.39, 0.29) is 24.5 Å². The summed E-state index contributed by atoms with van der Waals surface area (Å²) in [4.78, 5) is 23.3. The zero-order valence-corrected chi connectivity index (χ0v) is 13.7. The van der Waals surface area contributed by atoms with Gasteiger partial charge in [-0.3, -0.25) is 9.59 Å². The lowest BCUT2D eigenvalue weighted by molar-refractivity contribution is -0.123. The molecule has 2 aromatic rings. The normalized spacial score (nSPS) is 14.5. The van der Waals surface area contributed by atoms with E-state index < -0.39 is 0 Å². The number of fused-ring (bicyclic) bond motifs is 1. The number of ether oxygens (including phenoxy) is 1. The number of aryl methyl sites for hydroxylation is 2. The van der Waals surface area contributed by atoms with Crippen LogP contribution in [-0.4, -0.2) is 18.4 Å². The first-order chi connectivity index (χ1) is 11.5. The zero-order chi connectivity index (χ0) is 17.1. The topological polar surface area (TPSA) is 80.6 Å². The minimum atomic E-state index is -0.220. The SMILES string of the molecule is Cc1ccc([C@@H](C)NC(=O)COc2ccc3c(c2)CCC(=O)N3)o1. The van der Waals surface area contributed by atoms with E-state index in [2.05, 4.69) is 10.6 Å². The summed E-state index contributed by atoms with van der Waals surface area (Å²) in [5, 5.41) is 5.65. The molecule has 0 saturated carbocycles. The molecule has 126 valence electrons. The van der Waals surface area contributed by atoms with Gasteiger partial charge < -0.3 is 19.8 Å². The van der Waals surface area contributed by atoms with Crippen molar-refractivity contribution in [2.24, 2.45) is 0 Å². The Kier molecular flexibility index (Phi) is 4.55. The molecule has 1 aromatic carbocycles. The summed E-state index contributed by atoms with van der Waals surface area (Å²) < 4.78 is 11.0. The maximum Gasteiger partial charge on any atom is 0.258 e. The van der Waals surface area contributed by atoms with Gasteiger partial charge in [-0.2, -0.15) is 0 Å². The molecule has 1 aliphatic heterocycles. The Morgan fingerprint density at radius 2 is 2.17 bits per heavy atom. The number of hydrogen-bond donors (Lipinski definition) is 2. The van der Waals surface area contributed by atoms with Crippen LogP contribution in [0.1, 0.15) is 36.5 Å². The Bertz CT molecular complexity index is 766. The molecule has 6 nitrogen and oxygen atoms in total. The van der Waals surface area contributed by atoms with E-state index in [1.54, 1.807) is 12.1 Å². The van der Waals surface area contributed by atoms with E-state index in [9.17, 15) is 9.59 Å². The molecule has 24 heavy (non-hydrogen) atoms. The molecule has 2 heterocycles. The van der Waals surface area contributed by atoms with E-state index in [0.29, 0.717) is 24.4 Å². The predicted octanol–water partition coefficient (Wildman–Crippen LogP) is 2.73. The summed E-state index contributed by atoms with van der Waals surface area (Å²) in [6.45, 7) is 3.65. The highest BCUT2D eigenvalue weighted by atomic mass is 16.5. The van der Waals surface area contributed by atoms with Crippen molar-refractivity contribution in [3.8, 4) is 5.75 Å². The van der Waals surface area contributed by atoms with Crippen LogP contribution < -0.4 is 15.4 Å². The maximum absolute atomic E-state index is 12.0. The van der Waals surface area contributed by atoms with E-state index in [4.69, 9.17) is 9.15 Å². The molecule has 0 bridgehead atoms. The van der Waals surface area contributed by atoms with Crippen LogP contribution in [0.3, 0.4) is 0 Å². The maximum atomic E-state index is 12.0. The Labute approximate surface area is 140 Å². The summed E-state index contributed by atoms with van der Waals surface area (Å²) in [7, 11) is 0. The fourth-order valence-electron chi connectivity index (χ4n) is 2.64. The van der Waals surface area contributed by atoms with Crippen LogP contribution in [-0.2, 0) is 16.0 Å². The van der Waals surface area contributed by atoms with Crippen molar-refractivity contribution < 1.29 is 18.7 Å². The monoisotopic (exact) mass is 328 g/mol. The summed E-state index contributed by atoms with van der Waals surface area (Å²) >= 11 is 0. The average molecular weight is 328 g/mol. The Hall–Kier alpha value is -2.76. The van der Waals surface area contributed by atoms with Gasteiger partial charge in [0.05, 0.1) is 6.04 Å². The molecule has 0 fully saturated rings. The van der Waals surface area contributed by atoms with Crippen LogP contribution >= 0.6 is 0 Å². The Morgan fingerprint density at radius 1 is 1.33 bits per heavy atom. The van der Waals surface area contributed by atoms with Crippen molar-refractivity contribution in [3.63, 3.8) is 0 Å². The van der Waals surface area contributed by atoms with Gasteiger partial charge in [0.2, 0.25) is 5.91 Å². The Morgan fingerprint density at radius 3 is 2.92 bits per heavy atom. The number of carbonyl (C=O) groups is 2. The van der Waals surface area contributed by atoms with Crippen molar-refractivity contribution in [1.82, 2.24) is 5.32 Å². The summed E-state index contributed by atoms with van der Waals surface area (Å²) in [6, 6.07) is 8.90. The summed E-state index contributed by atoms with van der Waals surface area (Å²) in [5.41, 5.74) is 1.83. The van der Waals surface area contributed by atoms with Gasteiger partial charge in [0.1, 0.15) is 17.3 Å². The van der Waals surface area contributed by atoms with Crippen LogP contribution in [0.2, 0.25) is 0 Å². The molecule has 2 amide bonds. The second kappa shape index (κ2) is 6.78. The third kappa shape index (κ3) is 3.76. The average Bonchev–Trinajstić information content (AvgIpc) is 2.99. The molecular formula is C18H20N2O4. The molecule has 1 aromatic heterocycles. The van der Waals surface area contributed by atoms with E-state index in [1.807, 2.05) is 32.0 Å². The molecule has 0 radical (unpaired) electrons. The molecule has 3 rings (SSSR count). The molecule has 0 unspecified atom stereocenters. The lowest BCUT2D eigenvalue weighted by Gasteiger charge is -2.18. The van der Waals surface area contributed by atoms with Crippen LogP contribution in [0, 0.1) is 6.92 Å². The highest BCUT2D eigenvalue weighted by molar-refractivity contribution is 5.94. The number of nitrogens with one attached hydrogen (secondary N) is 2. The minimum Gasteiger partial charge on any atom is -0.484 e. The van der Waals surface area contributed by atoms with Gasteiger partial charge in [-0.1, -0.05) is 0 Å². The second-order valence-electron chi connectivity index (χ2n) is 5.89. The molecular weight excluding hydrogens is 308 g/mol. The number of amides is 2. The van der Waals surface area contributed by atoms with Gasteiger partial charge in [-0.15, -0.1) is 0 Å². The minimum absolute atomic E-state index is 0.0256. The molecule has 1 aliphatic rings. The number of carbonyl (C=O) groups excluding carboxylic acids is 2. The third-order valence-corrected chi connectivity index (χ3v) is 3.91. The molecule has 2 N–H and O–H groups in total. The van der Waals surface area contributed by atoms with Crippen LogP contribution in [0.15, 0.2) is 34.7 Å². The number of hydrogen-bond acceptors (Lipinski definition) is 4. The van der Waals surface area contributed by atoms with Crippen LogP contribution in [0.5, 0.6) is 5.75 Å². The molecule has 6 heteroatoms. The Balaban J connectivity index is 1.54. The largest absolute Gasteiger partial charge is 0.484 e. The van der Waals surface area contributed by atoms with Gasteiger partial charge in [0.25, 0.3) is 5.91 Å². The van der Waals surface area contributed by atoms with Gasteiger partial charge in [0.15, 0.2) is 6.61 Å². The number of anilines is 1. The van der Waals surface area contributed by atoms with Gasteiger partial charge in [-0.25, -0.2) is 0 Å². The van der Waals surface area contributed by atoms with E-state index in [0.717, 1.165) is 17.0 Å². The predicted molar refractivity (Wildman–Crippen MR) is 88.9 cm³/mol. The lowest BCUT2D eigenvalue weighted by atomic mass is 10.0. The fourth-order valence-corrected chi connectivity index (χ4v) is 2.64. The molecule has 1 atom stereocenters. The van der Waals surface area contributed by atoms with Gasteiger partial charge in [0, 0.05) is 12.1 Å².